The van der Waals surface area contributed by atoms with Gasteiger partial charge in [0.25, 0.3) is 5.91 Å². The third-order valence-electron chi connectivity index (χ3n) is 3.50. The van der Waals surface area contributed by atoms with Crippen LogP contribution in [0.1, 0.15) is 34.9 Å². The number of nitrogens with one attached hydrogen (secondary N) is 2. The topological polar surface area (TPSA) is 64.8 Å². The highest BCUT2D eigenvalue weighted by molar-refractivity contribution is 5.92. The minimum atomic E-state index is 0.0872. The Hall–Kier alpha value is -2.04. The maximum atomic E-state index is 12.2. The summed E-state index contributed by atoms with van der Waals surface area (Å²) in [7, 11) is 0. The van der Waals surface area contributed by atoms with E-state index in [1.807, 2.05) is 23.1 Å². The predicted octanol–water partition coefficient (Wildman–Crippen LogP) is 1.76. The number of rotatable bonds is 2. The number of hydrogen-bond donors (Lipinski definition) is 2. The van der Waals surface area contributed by atoms with Crippen LogP contribution in [0, 0.1) is 0 Å². The molecule has 2 N–H and O–H groups in total. The Morgan fingerprint density at radius 3 is 3.11 bits per heavy atom. The first-order valence-corrected chi connectivity index (χ1v) is 6.26. The van der Waals surface area contributed by atoms with Crippen LogP contribution in [-0.2, 0) is 0 Å². The van der Waals surface area contributed by atoms with E-state index < -0.39 is 0 Å². The molecule has 5 nitrogen and oxygen atoms in total. The van der Waals surface area contributed by atoms with E-state index in [1.165, 1.54) is 0 Å². The van der Waals surface area contributed by atoms with Crippen LogP contribution in [0.5, 0.6) is 0 Å². The van der Waals surface area contributed by atoms with Crippen LogP contribution < -0.4 is 0 Å². The van der Waals surface area contributed by atoms with Gasteiger partial charge in [-0.2, -0.15) is 5.10 Å². The first-order valence-electron chi connectivity index (χ1n) is 6.26. The highest BCUT2D eigenvalue weighted by Crippen LogP contribution is 2.25. The summed E-state index contributed by atoms with van der Waals surface area (Å²) in [5, 5.41) is 6.99. The van der Waals surface area contributed by atoms with Gasteiger partial charge in [0.1, 0.15) is 5.69 Å². The van der Waals surface area contributed by atoms with Crippen molar-refractivity contribution < 1.29 is 4.79 Å². The van der Waals surface area contributed by atoms with E-state index in [4.69, 9.17) is 0 Å². The molecule has 0 unspecified atom stereocenters. The first kappa shape index (κ1) is 11.1. The standard InChI is InChI=1S/C13H16N4O/c18-13(12-4-1-6-14-12)17-8-2-3-10(9-17)11-5-7-15-16-11/h1,4-7,10,14H,2-3,8-9H2,(H,15,16)/t10-/m0/s1. The fraction of sp³-hybridized carbons (Fsp3) is 0.385. The maximum Gasteiger partial charge on any atom is 0.270 e. The normalized spacial score (nSPS) is 20.0. The Morgan fingerprint density at radius 2 is 2.39 bits per heavy atom. The highest BCUT2D eigenvalue weighted by atomic mass is 16.2. The van der Waals surface area contributed by atoms with Gasteiger partial charge in [0.2, 0.25) is 0 Å². The summed E-state index contributed by atoms with van der Waals surface area (Å²) in [5.41, 5.74) is 1.79. The summed E-state index contributed by atoms with van der Waals surface area (Å²) in [6.45, 7) is 1.60. The molecular weight excluding hydrogens is 228 g/mol. The van der Waals surface area contributed by atoms with E-state index >= 15 is 0 Å². The van der Waals surface area contributed by atoms with Crippen LogP contribution in [0.2, 0.25) is 0 Å². The summed E-state index contributed by atoms with van der Waals surface area (Å²) < 4.78 is 0. The van der Waals surface area contributed by atoms with Gasteiger partial charge in [-0.15, -0.1) is 0 Å². The van der Waals surface area contributed by atoms with Gasteiger partial charge in [-0.25, -0.2) is 0 Å². The summed E-state index contributed by atoms with van der Waals surface area (Å²) in [6.07, 6.45) is 5.69. The van der Waals surface area contributed by atoms with Crippen molar-refractivity contribution in [2.75, 3.05) is 13.1 Å². The van der Waals surface area contributed by atoms with Crippen LogP contribution in [0.25, 0.3) is 0 Å². The molecule has 18 heavy (non-hydrogen) atoms. The lowest BCUT2D eigenvalue weighted by Gasteiger charge is -2.31. The lowest BCUT2D eigenvalue weighted by atomic mass is 9.95. The molecule has 0 spiro atoms. The molecule has 0 aliphatic carbocycles. The summed E-state index contributed by atoms with van der Waals surface area (Å²) in [5.74, 6) is 0.462. The van der Waals surface area contributed by atoms with Crippen molar-refractivity contribution in [3.63, 3.8) is 0 Å². The molecule has 3 heterocycles. The molecule has 1 atom stereocenters. The molecule has 94 valence electrons. The first-order chi connectivity index (χ1) is 8.84. The molecule has 3 rings (SSSR count). The average Bonchev–Trinajstić information content (AvgIpc) is 3.11. The SMILES string of the molecule is O=C(c1ccc[nH]1)N1CCC[C@H](c2ccn[nH]2)C1. The monoisotopic (exact) mass is 244 g/mol. The molecule has 1 aliphatic rings. The van der Waals surface area contributed by atoms with Crippen molar-refractivity contribution in [3.05, 3.63) is 42.0 Å². The average molecular weight is 244 g/mol. The molecule has 0 saturated carbocycles. The minimum absolute atomic E-state index is 0.0872. The van der Waals surface area contributed by atoms with E-state index in [1.54, 1.807) is 12.4 Å². The second kappa shape index (κ2) is 4.68. The largest absolute Gasteiger partial charge is 0.357 e. The van der Waals surface area contributed by atoms with Gasteiger partial charge in [0.15, 0.2) is 0 Å². The third-order valence-corrected chi connectivity index (χ3v) is 3.50. The molecule has 0 bridgehead atoms. The van der Waals surface area contributed by atoms with Crippen molar-refractivity contribution in [3.8, 4) is 0 Å². The maximum absolute atomic E-state index is 12.2. The predicted molar refractivity (Wildman–Crippen MR) is 67.3 cm³/mol. The van der Waals surface area contributed by atoms with Crippen LogP contribution in [0.15, 0.2) is 30.6 Å². The number of H-pyrrole nitrogens is 2. The van der Waals surface area contributed by atoms with Gasteiger partial charge in [0.05, 0.1) is 0 Å². The number of likely N-dealkylation sites (tertiary alicyclic amines) is 1. The molecule has 1 aliphatic heterocycles. The zero-order valence-corrected chi connectivity index (χ0v) is 10.1. The number of nitrogens with zero attached hydrogens (tertiary/aromatic N) is 2. The quantitative estimate of drug-likeness (QED) is 0.845. The van der Waals surface area contributed by atoms with E-state index in [2.05, 4.69) is 15.2 Å². The summed E-state index contributed by atoms with van der Waals surface area (Å²) in [6, 6.07) is 5.67. The minimum Gasteiger partial charge on any atom is -0.357 e. The van der Waals surface area contributed by atoms with Crippen LogP contribution in [0.4, 0.5) is 0 Å². The molecule has 1 saturated heterocycles. The fourth-order valence-corrected chi connectivity index (χ4v) is 2.54. The number of amides is 1. The molecular formula is C13H16N4O. The second-order valence-electron chi connectivity index (χ2n) is 4.69. The van der Waals surface area contributed by atoms with Crippen molar-refractivity contribution in [1.29, 1.82) is 0 Å². The molecule has 0 aromatic carbocycles. The number of aromatic amines is 2. The van der Waals surface area contributed by atoms with Crippen molar-refractivity contribution in [2.24, 2.45) is 0 Å². The van der Waals surface area contributed by atoms with Gasteiger partial charge >= 0.3 is 0 Å². The van der Waals surface area contributed by atoms with E-state index in [0.29, 0.717) is 11.6 Å². The Balaban J connectivity index is 1.73. The molecule has 1 fully saturated rings. The van der Waals surface area contributed by atoms with Crippen molar-refractivity contribution >= 4 is 5.91 Å². The van der Waals surface area contributed by atoms with Gasteiger partial charge in [-0.3, -0.25) is 9.89 Å². The fourth-order valence-electron chi connectivity index (χ4n) is 2.54. The summed E-state index contributed by atoms with van der Waals surface area (Å²) in [4.78, 5) is 17.1. The Bertz CT molecular complexity index is 503. The third kappa shape index (κ3) is 2.03. The molecule has 1 amide bonds. The Labute approximate surface area is 105 Å². The lowest BCUT2D eigenvalue weighted by Crippen LogP contribution is -2.39. The Morgan fingerprint density at radius 1 is 1.44 bits per heavy atom. The molecule has 5 heteroatoms. The second-order valence-corrected chi connectivity index (χ2v) is 4.69. The molecule has 2 aromatic rings. The number of carbonyl (C=O) groups excluding carboxylic acids is 1. The van der Waals surface area contributed by atoms with Crippen LogP contribution >= 0.6 is 0 Å². The van der Waals surface area contributed by atoms with Gasteiger partial charge < -0.3 is 9.88 Å². The van der Waals surface area contributed by atoms with Crippen LogP contribution in [-0.4, -0.2) is 39.1 Å². The molecule has 2 aromatic heterocycles. The highest BCUT2D eigenvalue weighted by Gasteiger charge is 2.26. The van der Waals surface area contributed by atoms with Crippen molar-refractivity contribution in [1.82, 2.24) is 20.1 Å². The zero-order chi connectivity index (χ0) is 12.4. The van der Waals surface area contributed by atoms with E-state index in [-0.39, 0.29) is 5.91 Å². The summed E-state index contributed by atoms with van der Waals surface area (Å²) >= 11 is 0. The van der Waals surface area contributed by atoms with Crippen LogP contribution in [0.3, 0.4) is 0 Å². The number of carbonyl (C=O) groups is 1. The van der Waals surface area contributed by atoms with E-state index in [0.717, 1.165) is 31.6 Å². The number of piperidine rings is 1. The van der Waals surface area contributed by atoms with E-state index in [9.17, 15) is 4.79 Å². The van der Waals surface area contributed by atoms with Gasteiger partial charge in [-0.05, 0) is 31.0 Å². The Kier molecular flexibility index (Phi) is 2.88. The smallest absolute Gasteiger partial charge is 0.270 e. The zero-order valence-electron chi connectivity index (χ0n) is 10.1. The van der Waals surface area contributed by atoms with Crippen molar-refractivity contribution in [2.45, 2.75) is 18.8 Å². The number of aromatic nitrogens is 3. The van der Waals surface area contributed by atoms with Gasteiger partial charge in [-0.1, -0.05) is 0 Å². The van der Waals surface area contributed by atoms with Gasteiger partial charge in [0, 0.05) is 37.1 Å². The lowest BCUT2D eigenvalue weighted by molar-refractivity contribution is 0.0700. The molecule has 0 radical (unpaired) electrons. The number of hydrogen-bond acceptors (Lipinski definition) is 2.